The highest BCUT2D eigenvalue weighted by Gasteiger charge is 2.17. The molecule has 3 aromatic rings. The Labute approximate surface area is 156 Å². The number of carbonyl (C=O) groups excluding carboxylic acids is 1. The van der Waals surface area contributed by atoms with E-state index in [9.17, 15) is 9.18 Å². The number of hydrogen-bond acceptors (Lipinski definition) is 5. The Bertz CT molecular complexity index is 939. The average Bonchev–Trinajstić information content (AvgIpc) is 3.12. The lowest BCUT2D eigenvalue weighted by Crippen LogP contribution is -2.05. The molecule has 0 aliphatic heterocycles. The SMILES string of the molecule is COC(=O)c1ccc(F)cc1Oc1cc2cc[nH]c2nc1CCCCCO. The normalized spacial score (nSPS) is 10.9. The van der Waals surface area contributed by atoms with Gasteiger partial charge in [0.2, 0.25) is 0 Å². The number of aryl methyl sites for hydroxylation is 1. The summed E-state index contributed by atoms with van der Waals surface area (Å²) < 4.78 is 24.4. The van der Waals surface area contributed by atoms with Crippen molar-refractivity contribution in [3.63, 3.8) is 0 Å². The van der Waals surface area contributed by atoms with Crippen molar-refractivity contribution in [1.29, 1.82) is 0 Å². The van der Waals surface area contributed by atoms with Crippen LogP contribution in [0, 0.1) is 5.82 Å². The molecule has 0 saturated heterocycles. The number of fused-ring (bicyclic) bond motifs is 1. The van der Waals surface area contributed by atoms with Gasteiger partial charge in [0.05, 0.1) is 12.8 Å². The van der Waals surface area contributed by atoms with Crippen LogP contribution in [-0.4, -0.2) is 34.8 Å². The van der Waals surface area contributed by atoms with Crippen molar-refractivity contribution in [2.45, 2.75) is 25.7 Å². The first-order valence-electron chi connectivity index (χ1n) is 8.76. The molecule has 3 rings (SSSR count). The number of methoxy groups -OCH3 is 1. The lowest BCUT2D eigenvalue weighted by Gasteiger charge is -2.13. The molecule has 0 bridgehead atoms. The molecule has 0 atom stereocenters. The number of benzene rings is 1. The van der Waals surface area contributed by atoms with E-state index in [1.807, 2.05) is 12.1 Å². The monoisotopic (exact) mass is 372 g/mol. The zero-order valence-electron chi connectivity index (χ0n) is 15.0. The minimum atomic E-state index is -0.606. The van der Waals surface area contributed by atoms with Crippen LogP contribution in [0.4, 0.5) is 4.39 Å². The molecule has 0 spiro atoms. The van der Waals surface area contributed by atoms with Crippen LogP contribution in [0.3, 0.4) is 0 Å². The van der Waals surface area contributed by atoms with Crippen molar-refractivity contribution < 1.29 is 23.8 Å². The summed E-state index contributed by atoms with van der Waals surface area (Å²) in [5, 5.41) is 9.78. The number of pyridine rings is 1. The van der Waals surface area contributed by atoms with E-state index in [4.69, 9.17) is 14.6 Å². The lowest BCUT2D eigenvalue weighted by atomic mass is 10.1. The van der Waals surface area contributed by atoms with Crippen LogP contribution >= 0.6 is 0 Å². The van der Waals surface area contributed by atoms with Crippen molar-refractivity contribution in [2.75, 3.05) is 13.7 Å². The van der Waals surface area contributed by atoms with E-state index in [1.54, 1.807) is 6.20 Å². The van der Waals surface area contributed by atoms with Crippen LogP contribution in [-0.2, 0) is 11.2 Å². The van der Waals surface area contributed by atoms with Gasteiger partial charge in [-0.15, -0.1) is 0 Å². The van der Waals surface area contributed by atoms with Gasteiger partial charge < -0.3 is 19.6 Å². The van der Waals surface area contributed by atoms with Crippen molar-refractivity contribution >= 4 is 17.0 Å². The van der Waals surface area contributed by atoms with Gasteiger partial charge in [-0.1, -0.05) is 6.42 Å². The molecule has 6 nitrogen and oxygen atoms in total. The number of aromatic amines is 1. The van der Waals surface area contributed by atoms with E-state index < -0.39 is 11.8 Å². The summed E-state index contributed by atoms with van der Waals surface area (Å²) in [6.07, 6.45) is 4.81. The number of nitrogens with zero attached hydrogens (tertiary/aromatic N) is 1. The highest BCUT2D eigenvalue weighted by molar-refractivity contribution is 5.92. The van der Waals surface area contributed by atoms with E-state index in [1.165, 1.54) is 19.2 Å². The molecule has 7 heteroatoms. The fourth-order valence-electron chi connectivity index (χ4n) is 2.83. The number of nitrogens with one attached hydrogen (secondary N) is 1. The number of H-pyrrole nitrogens is 1. The van der Waals surface area contributed by atoms with Crippen LogP contribution < -0.4 is 4.74 Å². The van der Waals surface area contributed by atoms with Crippen molar-refractivity contribution in [2.24, 2.45) is 0 Å². The largest absolute Gasteiger partial charge is 0.465 e. The maximum absolute atomic E-state index is 13.7. The molecule has 0 amide bonds. The third kappa shape index (κ3) is 4.43. The fourth-order valence-corrected chi connectivity index (χ4v) is 2.83. The molecule has 142 valence electrons. The molecular weight excluding hydrogens is 351 g/mol. The number of unbranched alkanes of at least 4 members (excludes halogenated alkanes) is 2. The maximum atomic E-state index is 13.7. The van der Waals surface area contributed by atoms with E-state index in [2.05, 4.69) is 9.97 Å². The number of hydrogen-bond donors (Lipinski definition) is 2. The number of rotatable bonds is 8. The van der Waals surface area contributed by atoms with Crippen molar-refractivity contribution in [1.82, 2.24) is 9.97 Å². The first-order chi connectivity index (χ1) is 13.1. The summed E-state index contributed by atoms with van der Waals surface area (Å²) in [5.41, 5.74) is 1.56. The average molecular weight is 372 g/mol. The molecule has 2 N–H and O–H groups in total. The van der Waals surface area contributed by atoms with E-state index in [-0.39, 0.29) is 17.9 Å². The molecule has 1 aromatic carbocycles. The van der Waals surface area contributed by atoms with Crippen LogP contribution in [0.1, 0.15) is 35.3 Å². The molecular formula is C20H21FN2O4. The number of halogens is 1. The van der Waals surface area contributed by atoms with Crippen molar-refractivity contribution in [3.8, 4) is 11.5 Å². The summed E-state index contributed by atoms with van der Waals surface area (Å²) in [6, 6.07) is 7.34. The number of ether oxygens (including phenoxy) is 2. The van der Waals surface area contributed by atoms with Gasteiger partial charge in [0.15, 0.2) is 0 Å². The van der Waals surface area contributed by atoms with Crippen LogP contribution in [0.2, 0.25) is 0 Å². The van der Waals surface area contributed by atoms with Crippen LogP contribution in [0.5, 0.6) is 11.5 Å². The summed E-state index contributed by atoms with van der Waals surface area (Å²) in [6.45, 7) is 0.151. The van der Waals surface area contributed by atoms with Crippen LogP contribution in [0.15, 0.2) is 36.5 Å². The third-order valence-electron chi connectivity index (χ3n) is 4.21. The number of aliphatic hydroxyl groups excluding tert-OH is 1. The van der Waals surface area contributed by atoms with Gasteiger partial charge in [0, 0.05) is 24.3 Å². The molecule has 0 fully saturated rings. The molecule has 0 unspecified atom stereocenters. The molecule has 0 aliphatic carbocycles. The quantitative estimate of drug-likeness (QED) is 0.461. The Balaban J connectivity index is 1.95. The number of carbonyl (C=O) groups is 1. The van der Waals surface area contributed by atoms with Gasteiger partial charge in [0.25, 0.3) is 0 Å². The molecule has 0 radical (unpaired) electrons. The fraction of sp³-hybridized carbons (Fsp3) is 0.300. The first-order valence-corrected chi connectivity index (χ1v) is 8.76. The van der Waals surface area contributed by atoms with Gasteiger partial charge >= 0.3 is 5.97 Å². The zero-order chi connectivity index (χ0) is 19.2. The standard InChI is InChI=1S/C20H21FN2O4/c1-26-20(25)15-7-6-14(21)12-17(15)27-18-11-13-8-9-22-19(13)23-16(18)5-3-2-4-10-24/h6-9,11-12,24H,2-5,10H2,1H3,(H,22,23). The number of esters is 1. The Morgan fingerprint density at radius 1 is 1.19 bits per heavy atom. The summed E-state index contributed by atoms with van der Waals surface area (Å²) >= 11 is 0. The first kappa shape index (κ1) is 18.8. The van der Waals surface area contributed by atoms with Gasteiger partial charge in [0.1, 0.15) is 28.5 Å². The minimum Gasteiger partial charge on any atom is -0.465 e. The third-order valence-corrected chi connectivity index (χ3v) is 4.21. The highest BCUT2D eigenvalue weighted by atomic mass is 19.1. The van der Waals surface area contributed by atoms with E-state index in [0.29, 0.717) is 17.9 Å². The Hall–Kier alpha value is -2.93. The number of aromatic nitrogens is 2. The number of aliphatic hydroxyl groups is 1. The van der Waals surface area contributed by atoms with E-state index in [0.717, 1.165) is 36.4 Å². The van der Waals surface area contributed by atoms with Gasteiger partial charge in [-0.2, -0.15) is 0 Å². The maximum Gasteiger partial charge on any atom is 0.341 e. The molecule has 0 saturated carbocycles. The predicted octanol–water partition coefficient (Wildman–Crippen LogP) is 3.99. The van der Waals surface area contributed by atoms with Gasteiger partial charge in [-0.3, -0.25) is 0 Å². The van der Waals surface area contributed by atoms with Gasteiger partial charge in [-0.25, -0.2) is 14.2 Å². The summed E-state index contributed by atoms with van der Waals surface area (Å²) in [4.78, 5) is 19.6. The lowest BCUT2D eigenvalue weighted by molar-refractivity contribution is 0.0598. The Kier molecular flexibility index (Phi) is 6.03. The molecule has 27 heavy (non-hydrogen) atoms. The Morgan fingerprint density at radius 3 is 2.81 bits per heavy atom. The smallest absolute Gasteiger partial charge is 0.341 e. The Morgan fingerprint density at radius 2 is 2.04 bits per heavy atom. The van der Waals surface area contributed by atoms with Crippen molar-refractivity contribution in [3.05, 3.63) is 53.6 Å². The minimum absolute atomic E-state index is 0.0788. The molecule has 0 aliphatic rings. The molecule has 2 heterocycles. The van der Waals surface area contributed by atoms with E-state index >= 15 is 0 Å². The second kappa shape index (κ2) is 8.64. The topological polar surface area (TPSA) is 84.4 Å². The highest BCUT2D eigenvalue weighted by Crippen LogP contribution is 2.31. The molecule has 2 aromatic heterocycles. The second-order valence-electron chi connectivity index (χ2n) is 6.12. The second-order valence-corrected chi connectivity index (χ2v) is 6.12. The summed E-state index contributed by atoms with van der Waals surface area (Å²) in [5.74, 6) is -0.583. The predicted molar refractivity (Wildman–Crippen MR) is 98.5 cm³/mol. The van der Waals surface area contributed by atoms with Gasteiger partial charge in [-0.05, 0) is 43.5 Å². The zero-order valence-corrected chi connectivity index (χ0v) is 15.0. The summed E-state index contributed by atoms with van der Waals surface area (Å²) in [7, 11) is 1.26. The van der Waals surface area contributed by atoms with Crippen LogP contribution in [0.25, 0.3) is 11.0 Å².